The number of guanidine groups is 1. The first kappa shape index (κ1) is 23.5. The fraction of sp³-hybridized carbons (Fsp3) is 0.529. The standard InChI is InChI=1S/C17H26F2N4O.HI/c1-5-20-16(22-11-14(24)23-17(2,3)4)21-10-9-12-7-6-8-13(18)15(12)19;/h6-8H,5,9-11H2,1-4H3,(H,23,24)(H2,20,21,22);1H. The molecule has 0 heterocycles. The van der Waals surface area contributed by atoms with E-state index in [1.807, 2.05) is 27.7 Å². The van der Waals surface area contributed by atoms with E-state index in [9.17, 15) is 13.6 Å². The molecule has 0 fully saturated rings. The highest BCUT2D eigenvalue weighted by Gasteiger charge is 2.13. The minimum absolute atomic E-state index is 0. The SMILES string of the molecule is CCNC(=NCC(=O)NC(C)(C)C)NCCc1cccc(F)c1F.I. The third kappa shape index (κ3) is 9.57. The molecule has 1 rings (SSSR count). The Morgan fingerprint density at radius 1 is 1.20 bits per heavy atom. The maximum absolute atomic E-state index is 13.6. The Bertz CT molecular complexity index is 589. The molecular weight excluding hydrogens is 441 g/mol. The van der Waals surface area contributed by atoms with Gasteiger partial charge in [-0.1, -0.05) is 12.1 Å². The zero-order chi connectivity index (χ0) is 18.2. The number of nitrogens with one attached hydrogen (secondary N) is 3. The van der Waals surface area contributed by atoms with Gasteiger partial charge >= 0.3 is 0 Å². The Balaban J connectivity index is 0.00000576. The molecule has 0 aliphatic rings. The van der Waals surface area contributed by atoms with Crippen LogP contribution < -0.4 is 16.0 Å². The smallest absolute Gasteiger partial charge is 0.242 e. The van der Waals surface area contributed by atoms with E-state index in [4.69, 9.17) is 0 Å². The predicted molar refractivity (Wildman–Crippen MR) is 107 cm³/mol. The van der Waals surface area contributed by atoms with Crippen molar-refractivity contribution in [2.45, 2.75) is 39.7 Å². The molecule has 0 aliphatic carbocycles. The summed E-state index contributed by atoms with van der Waals surface area (Å²) in [5.74, 6) is -1.41. The topological polar surface area (TPSA) is 65.5 Å². The monoisotopic (exact) mass is 468 g/mol. The Labute approximate surface area is 165 Å². The fourth-order valence-electron chi connectivity index (χ4n) is 2.01. The van der Waals surface area contributed by atoms with Gasteiger partial charge in [0.05, 0.1) is 0 Å². The number of nitrogens with zero attached hydrogens (tertiary/aromatic N) is 1. The van der Waals surface area contributed by atoms with Crippen LogP contribution in [0.15, 0.2) is 23.2 Å². The minimum Gasteiger partial charge on any atom is -0.357 e. The van der Waals surface area contributed by atoms with E-state index >= 15 is 0 Å². The maximum Gasteiger partial charge on any atom is 0.242 e. The van der Waals surface area contributed by atoms with Crippen LogP contribution in [0.5, 0.6) is 0 Å². The summed E-state index contributed by atoms with van der Waals surface area (Å²) in [4.78, 5) is 16.0. The molecule has 1 aromatic rings. The Hall–Kier alpha value is -1.45. The molecule has 0 saturated heterocycles. The van der Waals surface area contributed by atoms with Crippen LogP contribution in [0.25, 0.3) is 0 Å². The van der Waals surface area contributed by atoms with Crippen molar-refractivity contribution in [1.29, 1.82) is 0 Å². The molecule has 5 nitrogen and oxygen atoms in total. The van der Waals surface area contributed by atoms with Crippen LogP contribution in [0.4, 0.5) is 8.78 Å². The summed E-state index contributed by atoms with van der Waals surface area (Å²) in [6, 6.07) is 4.11. The number of aliphatic imine (C=N–C) groups is 1. The lowest BCUT2D eigenvalue weighted by atomic mass is 10.1. The van der Waals surface area contributed by atoms with Gasteiger partial charge in [-0.25, -0.2) is 13.8 Å². The van der Waals surface area contributed by atoms with Gasteiger partial charge in [0.1, 0.15) is 6.54 Å². The maximum atomic E-state index is 13.6. The van der Waals surface area contributed by atoms with E-state index < -0.39 is 11.6 Å². The summed E-state index contributed by atoms with van der Waals surface area (Å²) < 4.78 is 26.7. The molecule has 0 spiro atoms. The number of carbonyl (C=O) groups excluding carboxylic acids is 1. The van der Waals surface area contributed by atoms with Gasteiger partial charge in [-0.05, 0) is 45.7 Å². The van der Waals surface area contributed by atoms with E-state index in [2.05, 4.69) is 20.9 Å². The largest absolute Gasteiger partial charge is 0.357 e. The van der Waals surface area contributed by atoms with E-state index in [-0.39, 0.29) is 42.0 Å². The first-order valence-corrected chi connectivity index (χ1v) is 7.99. The highest BCUT2D eigenvalue weighted by Crippen LogP contribution is 2.11. The van der Waals surface area contributed by atoms with Gasteiger partial charge in [0.15, 0.2) is 17.6 Å². The molecular formula is C17H27F2IN4O. The predicted octanol–water partition coefficient (Wildman–Crippen LogP) is 2.60. The van der Waals surface area contributed by atoms with E-state index in [0.717, 1.165) is 6.07 Å². The van der Waals surface area contributed by atoms with Crippen molar-refractivity contribution in [2.24, 2.45) is 4.99 Å². The molecule has 0 atom stereocenters. The van der Waals surface area contributed by atoms with Crippen molar-refractivity contribution in [1.82, 2.24) is 16.0 Å². The summed E-state index contributed by atoms with van der Waals surface area (Å²) in [6.07, 6.45) is 0.308. The molecule has 3 N–H and O–H groups in total. The first-order chi connectivity index (χ1) is 11.2. The second kappa shape index (κ2) is 11.2. The third-order valence-electron chi connectivity index (χ3n) is 2.96. The van der Waals surface area contributed by atoms with Crippen LogP contribution in [-0.2, 0) is 11.2 Å². The van der Waals surface area contributed by atoms with Crippen LogP contribution >= 0.6 is 24.0 Å². The molecule has 25 heavy (non-hydrogen) atoms. The summed E-state index contributed by atoms with van der Waals surface area (Å²) >= 11 is 0. The van der Waals surface area contributed by atoms with Crippen molar-refractivity contribution in [3.8, 4) is 0 Å². The van der Waals surface area contributed by atoms with Gasteiger partial charge in [0.2, 0.25) is 5.91 Å². The van der Waals surface area contributed by atoms with Crippen molar-refractivity contribution in [3.05, 3.63) is 35.4 Å². The van der Waals surface area contributed by atoms with Gasteiger partial charge < -0.3 is 16.0 Å². The number of rotatable bonds is 6. The van der Waals surface area contributed by atoms with E-state index in [1.54, 1.807) is 6.07 Å². The van der Waals surface area contributed by atoms with Crippen LogP contribution in [0.3, 0.4) is 0 Å². The molecule has 0 saturated carbocycles. The van der Waals surface area contributed by atoms with Crippen molar-refractivity contribution >= 4 is 35.8 Å². The first-order valence-electron chi connectivity index (χ1n) is 7.99. The second-order valence-electron chi connectivity index (χ2n) is 6.38. The van der Waals surface area contributed by atoms with Gasteiger partial charge in [-0.3, -0.25) is 4.79 Å². The number of amides is 1. The fourth-order valence-corrected chi connectivity index (χ4v) is 2.01. The average molecular weight is 468 g/mol. The number of halogens is 3. The van der Waals surface area contributed by atoms with Crippen molar-refractivity contribution < 1.29 is 13.6 Å². The van der Waals surface area contributed by atoms with Crippen LogP contribution in [0, 0.1) is 11.6 Å². The Morgan fingerprint density at radius 2 is 1.88 bits per heavy atom. The zero-order valence-electron chi connectivity index (χ0n) is 15.1. The van der Waals surface area contributed by atoms with Gasteiger partial charge in [0.25, 0.3) is 0 Å². The van der Waals surface area contributed by atoms with Gasteiger partial charge in [-0.15, -0.1) is 24.0 Å². The average Bonchev–Trinajstić information content (AvgIpc) is 2.47. The highest BCUT2D eigenvalue weighted by molar-refractivity contribution is 14.0. The summed E-state index contributed by atoms with van der Waals surface area (Å²) in [5.41, 5.74) is -0.0170. The number of hydrogen-bond acceptors (Lipinski definition) is 2. The highest BCUT2D eigenvalue weighted by atomic mass is 127. The lowest BCUT2D eigenvalue weighted by Crippen LogP contribution is -2.43. The molecule has 8 heteroatoms. The van der Waals surface area contributed by atoms with Crippen LogP contribution in [-0.4, -0.2) is 37.0 Å². The quantitative estimate of drug-likeness (QED) is 0.342. The molecule has 0 aliphatic heterocycles. The van der Waals surface area contributed by atoms with E-state index in [0.29, 0.717) is 31.0 Å². The van der Waals surface area contributed by atoms with Crippen molar-refractivity contribution in [2.75, 3.05) is 19.6 Å². The normalized spacial score (nSPS) is 11.5. The van der Waals surface area contributed by atoms with Crippen molar-refractivity contribution in [3.63, 3.8) is 0 Å². The Kier molecular flexibility index (Phi) is 10.6. The summed E-state index contributed by atoms with van der Waals surface area (Å²) in [6.45, 7) is 8.57. The Morgan fingerprint density at radius 3 is 2.48 bits per heavy atom. The third-order valence-corrected chi connectivity index (χ3v) is 2.96. The molecule has 0 bridgehead atoms. The number of benzene rings is 1. The van der Waals surface area contributed by atoms with Gasteiger partial charge in [-0.2, -0.15) is 0 Å². The molecule has 0 unspecified atom stereocenters. The molecule has 0 aromatic heterocycles. The van der Waals surface area contributed by atoms with Crippen LogP contribution in [0.1, 0.15) is 33.3 Å². The molecule has 0 radical (unpaired) electrons. The lowest BCUT2D eigenvalue weighted by Gasteiger charge is -2.20. The molecule has 1 aromatic carbocycles. The molecule has 142 valence electrons. The second-order valence-corrected chi connectivity index (χ2v) is 6.38. The lowest BCUT2D eigenvalue weighted by molar-refractivity contribution is -0.121. The van der Waals surface area contributed by atoms with Gasteiger partial charge in [0, 0.05) is 18.6 Å². The molecule has 1 amide bonds. The summed E-state index contributed by atoms with van der Waals surface area (Å²) in [7, 11) is 0. The van der Waals surface area contributed by atoms with E-state index in [1.165, 1.54) is 6.07 Å². The summed E-state index contributed by atoms with van der Waals surface area (Å²) in [5, 5.41) is 8.83. The number of carbonyl (C=O) groups is 1. The zero-order valence-corrected chi connectivity index (χ0v) is 17.4. The minimum atomic E-state index is -0.855. The number of hydrogen-bond donors (Lipinski definition) is 3. The van der Waals surface area contributed by atoms with Crippen LogP contribution in [0.2, 0.25) is 0 Å².